The molecule has 1 heterocycles. The van der Waals surface area contributed by atoms with E-state index in [1.165, 1.54) is 38.8 Å². The molecule has 1 aliphatic heterocycles. The SMILES string of the molecule is CCC(C)(CN)CN1CC2CCC1C2. The van der Waals surface area contributed by atoms with Crippen LogP contribution in [0.1, 0.15) is 39.5 Å². The summed E-state index contributed by atoms with van der Waals surface area (Å²) in [5, 5.41) is 0. The molecule has 0 radical (unpaired) electrons. The van der Waals surface area contributed by atoms with E-state index in [1.807, 2.05) is 0 Å². The van der Waals surface area contributed by atoms with Gasteiger partial charge in [0.1, 0.15) is 0 Å². The van der Waals surface area contributed by atoms with Gasteiger partial charge in [-0.1, -0.05) is 13.8 Å². The van der Waals surface area contributed by atoms with E-state index < -0.39 is 0 Å². The highest BCUT2D eigenvalue weighted by molar-refractivity contribution is 4.94. The Balaban J connectivity index is 1.91. The first-order chi connectivity index (χ1) is 6.67. The predicted molar refractivity (Wildman–Crippen MR) is 60.2 cm³/mol. The minimum atomic E-state index is 0.352. The van der Waals surface area contributed by atoms with Crippen LogP contribution in [0.5, 0.6) is 0 Å². The van der Waals surface area contributed by atoms with E-state index in [0.29, 0.717) is 5.41 Å². The molecule has 3 atom stereocenters. The number of fused-ring (bicyclic) bond motifs is 2. The van der Waals surface area contributed by atoms with E-state index in [0.717, 1.165) is 18.5 Å². The third-order valence-corrected chi connectivity index (χ3v) is 4.45. The van der Waals surface area contributed by atoms with Gasteiger partial charge in [0.05, 0.1) is 0 Å². The molecule has 82 valence electrons. The quantitative estimate of drug-likeness (QED) is 0.743. The fraction of sp³-hybridized carbons (Fsp3) is 1.00. The Morgan fingerprint density at radius 1 is 1.43 bits per heavy atom. The van der Waals surface area contributed by atoms with Crippen molar-refractivity contribution in [3.63, 3.8) is 0 Å². The van der Waals surface area contributed by atoms with Crippen LogP contribution in [0, 0.1) is 11.3 Å². The zero-order chi connectivity index (χ0) is 10.2. The molecule has 3 unspecified atom stereocenters. The molecule has 1 saturated heterocycles. The van der Waals surface area contributed by atoms with Crippen LogP contribution in [0.15, 0.2) is 0 Å². The molecular formula is C12H24N2. The second-order valence-corrected chi connectivity index (χ2v) is 5.63. The minimum Gasteiger partial charge on any atom is -0.330 e. The van der Waals surface area contributed by atoms with Crippen molar-refractivity contribution < 1.29 is 0 Å². The number of hydrogen-bond acceptors (Lipinski definition) is 2. The molecule has 2 heteroatoms. The summed E-state index contributed by atoms with van der Waals surface area (Å²) >= 11 is 0. The van der Waals surface area contributed by atoms with Crippen LogP contribution in [0.3, 0.4) is 0 Å². The number of rotatable bonds is 4. The normalized spacial score (nSPS) is 36.2. The third-order valence-electron chi connectivity index (χ3n) is 4.45. The van der Waals surface area contributed by atoms with E-state index in [9.17, 15) is 0 Å². The maximum Gasteiger partial charge on any atom is 0.00988 e. The highest BCUT2D eigenvalue weighted by Crippen LogP contribution is 2.39. The lowest BCUT2D eigenvalue weighted by atomic mass is 9.86. The Kier molecular flexibility index (Phi) is 2.85. The van der Waals surface area contributed by atoms with Crippen molar-refractivity contribution in [2.45, 2.75) is 45.6 Å². The monoisotopic (exact) mass is 196 g/mol. The van der Waals surface area contributed by atoms with E-state index in [4.69, 9.17) is 5.73 Å². The maximum atomic E-state index is 5.87. The van der Waals surface area contributed by atoms with Crippen molar-refractivity contribution in [1.82, 2.24) is 4.90 Å². The van der Waals surface area contributed by atoms with Gasteiger partial charge in [-0.25, -0.2) is 0 Å². The standard InChI is InChI=1S/C12H24N2/c1-3-12(2,8-13)9-14-7-10-4-5-11(14)6-10/h10-11H,3-9,13H2,1-2H3. The lowest BCUT2D eigenvalue weighted by Crippen LogP contribution is -2.43. The Morgan fingerprint density at radius 3 is 2.64 bits per heavy atom. The van der Waals surface area contributed by atoms with E-state index in [1.54, 1.807) is 0 Å². The van der Waals surface area contributed by atoms with Crippen LogP contribution < -0.4 is 5.73 Å². The summed E-state index contributed by atoms with van der Waals surface area (Å²) in [5.74, 6) is 1.01. The number of nitrogens with zero attached hydrogens (tertiary/aromatic N) is 1. The van der Waals surface area contributed by atoms with Gasteiger partial charge in [-0.2, -0.15) is 0 Å². The summed E-state index contributed by atoms with van der Waals surface area (Å²) in [6, 6.07) is 0.900. The molecule has 2 nitrogen and oxygen atoms in total. The summed E-state index contributed by atoms with van der Waals surface area (Å²) < 4.78 is 0. The van der Waals surface area contributed by atoms with E-state index in [-0.39, 0.29) is 0 Å². The highest BCUT2D eigenvalue weighted by atomic mass is 15.2. The predicted octanol–water partition coefficient (Wildman–Crippen LogP) is 1.85. The molecule has 2 bridgehead atoms. The summed E-state index contributed by atoms with van der Waals surface area (Å²) in [6.07, 6.45) is 5.59. The summed E-state index contributed by atoms with van der Waals surface area (Å²) in [5.41, 5.74) is 6.22. The summed E-state index contributed by atoms with van der Waals surface area (Å²) in [4.78, 5) is 2.70. The third kappa shape index (κ3) is 1.82. The average molecular weight is 196 g/mol. The first-order valence-corrected chi connectivity index (χ1v) is 6.11. The van der Waals surface area contributed by atoms with E-state index in [2.05, 4.69) is 18.7 Å². The number of likely N-dealkylation sites (tertiary alicyclic amines) is 1. The van der Waals surface area contributed by atoms with Crippen LogP contribution in [0.25, 0.3) is 0 Å². The molecule has 2 rings (SSSR count). The molecule has 0 aromatic carbocycles. The number of piperidine rings is 1. The highest BCUT2D eigenvalue weighted by Gasteiger charge is 2.39. The van der Waals surface area contributed by atoms with Crippen molar-refractivity contribution >= 4 is 0 Å². The number of nitrogens with two attached hydrogens (primary N) is 1. The van der Waals surface area contributed by atoms with Gasteiger partial charge in [0.2, 0.25) is 0 Å². The van der Waals surface area contributed by atoms with Crippen LogP contribution in [-0.4, -0.2) is 30.6 Å². The molecule has 2 fully saturated rings. The van der Waals surface area contributed by atoms with Gasteiger partial charge in [-0.3, -0.25) is 4.90 Å². The van der Waals surface area contributed by atoms with Crippen molar-refractivity contribution in [2.75, 3.05) is 19.6 Å². The summed E-state index contributed by atoms with van der Waals surface area (Å²) in [7, 11) is 0. The largest absolute Gasteiger partial charge is 0.330 e. The molecule has 0 spiro atoms. The Hall–Kier alpha value is -0.0800. The van der Waals surface area contributed by atoms with Crippen molar-refractivity contribution in [3.8, 4) is 0 Å². The Bertz CT molecular complexity index is 198. The Labute approximate surface area is 87.8 Å². The van der Waals surface area contributed by atoms with Crippen LogP contribution in [-0.2, 0) is 0 Å². The lowest BCUT2D eigenvalue weighted by Gasteiger charge is -2.36. The molecule has 2 N–H and O–H groups in total. The zero-order valence-corrected chi connectivity index (χ0v) is 9.63. The molecule has 1 saturated carbocycles. The van der Waals surface area contributed by atoms with E-state index >= 15 is 0 Å². The van der Waals surface area contributed by atoms with Crippen molar-refractivity contribution in [3.05, 3.63) is 0 Å². The van der Waals surface area contributed by atoms with Gasteiger partial charge >= 0.3 is 0 Å². The van der Waals surface area contributed by atoms with Crippen molar-refractivity contribution in [1.29, 1.82) is 0 Å². The molecule has 14 heavy (non-hydrogen) atoms. The number of hydrogen-bond donors (Lipinski definition) is 1. The molecule has 2 aliphatic rings. The van der Waals surface area contributed by atoms with Gasteiger partial charge < -0.3 is 5.73 Å². The smallest absolute Gasteiger partial charge is 0.00988 e. The maximum absolute atomic E-state index is 5.87. The van der Waals surface area contributed by atoms with Crippen molar-refractivity contribution in [2.24, 2.45) is 17.1 Å². The minimum absolute atomic E-state index is 0.352. The molecule has 0 aromatic rings. The molecule has 1 aliphatic carbocycles. The van der Waals surface area contributed by atoms with Gasteiger partial charge in [0, 0.05) is 19.1 Å². The second kappa shape index (κ2) is 3.82. The molecule has 0 amide bonds. The fourth-order valence-corrected chi connectivity index (χ4v) is 3.03. The van der Waals surface area contributed by atoms with Crippen LogP contribution >= 0.6 is 0 Å². The first kappa shape index (κ1) is 10.4. The molecule has 0 aromatic heterocycles. The average Bonchev–Trinajstić information content (AvgIpc) is 2.79. The first-order valence-electron chi connectivity index (χ1n) is 6.11. The lowest BCUT2D eigenvalue weighted by molar-refractivity contribution is 0.131. The summed E-state index contributed by atoms with van der Waals surface area (Å²) in [6.45, 7) is 8.00. The van der Waals surface area contributed by atoms with Crippen LogP contribution in [0.2, 0.25) is 0 Å². The van der Waals surface area contributed by atoms with Gasteiger partial charge in [0.25, 0.3) is 0 Å². The van der Waals surface area contributed by atoms with Gasteiger partial charge in [-0.05, 0) is 43.6 Å². The molecular weight excluding hydrogens is 172 g/mol. The van der Waals surface area contributed by atoms with Gasteiger partial charge in [-0.15, -0.1) is 0 Å². The topological polar surface area (TPSA) is 29.3 Å². The fourth-order valence-electron chi connectivity index (χ4n) is 3.03. The Morgan fingerprint density at radius 2 is 2.21 bits per heavy atom. The second-order valence-electron chi connectivity index (χ2n) is 5.63. The van der Waals surface area contributed by atoms with Crippen LogP contribution in [0.4, 0.5) is 0 Å². The zero-order valence-electron chi connectivity index (χ0n) is 9.63. The van der Waals surface area contributed by atoms with Gasteiger partial charge in [0.15, 0.2) is 0 Å².